The fraction of sp³-hybridized carbons (Fsp3) is 0.471. The van der Waals surface area contributed by atoms with E-state index in [-0.39, 0.29) is 36.1 Å². The van der Waals surface area contributed by atoms with E-state index in [2.05, 4.69) is 4.98 Å². The molecule has 11 heteroatoms. The molecular weight excluding hydrogens is 404 g/mol. The van der Waals surface area contributed by atoms with Crippen molar-refractivity contribution in [3.05, 3.63) is 36.3 Å². The minimum atomic E-state index is -3.77. The predicted octanol–water partition coefficient (Wildman–Crippen LogP) is 0.822. The normalized spacial score (nSPS) is 17.4. The highest BCUT2D eigenvalue weighted by molar-refractivity contribution is 7.89. The molecule has 1 aliphatic heterocycles. The Kier molecular flexibility index (Phi) is 5.80. The molecule has 0 bridgehead atoms. The van der Waals surface area contributed by atoms with Gasteiger partial charge in [-0.15, -0.1) is 0 Å². The number of sulfonamides is 2. The van der Waals surface area contributed by atoms with E-state index in [0.717, 1.165) is 0 Å². The fourth-order valence-corrected chi connectivity index (χ4v) is 5.99. The van der Waals surface area contributed by atoms with Crippen molar-refractivity contribution in [1.29, 1.82) is 0 Å². The molecule has 1 aromatic heterocycles. The third-order valence-corrected chi connectivity index (χ3v) is 8.48. The van der Waals surface area contributed by atoms with Crippen molar-refractivity contribution in [1.82, 2.24) is 18.2 Å². The van der Waals surface area contributed by atoms with Gasteiger partial charge in [-0.3, -0.25) is 0 Å². The van der Waals surface area contributed by atoms with E-state index in [0.29, 0.717) is 18.0 Å². The van der Waals surface area contributed by atoms with Crippen molar-refractivity contribution in [3.63, 3.8) is 0 Å². The summed E-state index contributed by atoms with van der Waals surface area (Å²) in [5, 5.41) is -0.0149. The maximum atomic E-state index is 12.9. The summed E-state index contributed by atoms with van der Waals surface area (Å²) in [7, 11) is -4.24. The first-order valence-electron chi connectivity index (χ1n) is 8.80. The molecule has 3 rings (SSSR count). The summed E-state index contributed by atoms with van der Waals surface area (Å²) in [4.78, 5) is 4.27. The largest absolute Gasteiger partial charge is 0.497 e. The maximum Gasteiger partial charge on any atom is 0.262 e. The maximum absolute atomic E-state index is 12.9. The first kappa shape index (κ1) is 20.8. The van der Waals surface area contributed by atoms with Crippen molar-refractivity contribution in [3.8, 4) is 5.75 Å². The minimum Gasteiger partial charge on any atom is -0.497 e. The van der Waals surface area contributed by atoms with Gasteiger partial charge in [-0.05, 0) is 37.6 Å². The Bertz CT molecular complexity index is 1030. The fourth-order valence-electron chi connectivity index (χ4n) is 3.03. The molecular formula is C17H24N4O5S2. The van der Waals surface area contributed by atoms with Gasteiger partial charge in [0.05, 0.1) is 12.0 Å². The van der Waals surface area contributed by atoms with E-state index in [1.165, 1.54) is 34.0 Å². The molecule has 0 radical (unpaired) electrons. The second kappa shape index (κ2) is 7.82. The number of methoxy groups -OCH3 is 1. The number of aromatic nitrogens is 2. The standard InChI is InChI=1S/C17H24N4O5S2/c1-14-18-17(13-19(14)2)28(24,25)21-10-4-9-20(11-12-21)27(22,23)16-7-5-15(26-3)6-8-16/h5-8,13H,4,9-12H2,1-3H3. The molecule has 1 aliphatic rings. The summed E-state index contributed by atoms with van der Waals surface area (Å²) in [6, 6.07) is 6.16. The lowest BCUT2D eigenvalue weighted by molar-refractivity contribution is 0.403. The van der Waals surface area contributed by atoms with Gasteiger partial charge in [0.15, 0.2) is 5.03 Å². The number of rotatable bonds is 5. The van der Waals surface area contributed by atoms with Gasteiger partial charge in [-0.2, -0.15) is 8.61 Å². The Morgan fingerprint density at radius 3 is 2.00 bits per heavy atom. The van der Waals surface area contributed by atoms with E-state index in [4.69, 9.17) is 4.74 Å². The first-order valence-corrected chi connectivity index (χ1v) is 11.7. The third kappa shape index (κ3) is 3.93. The molecule has 0 aliphatic carbocycles. The van der Waals surface area contributed by atoms with Crippen molar-refractivity contribution in [2.24, 2.45) is 7.05 Å². The molecule has 0 N–H and O–H groups in total. The zero-order chi connectivity index (χ0) is 20.5. The zero-order valence-electron chi connectivity index (χ0n) is 16.1. The van der Waals surface area contributed by atoms with Gasteiger partial charge >= 0.3 is 0 Å². The number of benzene rings is 1. The van der Waals surface area contributed by atoms with Crippen LogP contribution in [0.25, 0.3) is 0 Å². The Labute approximate surface area is 165 Å². The van der Waals surface area contributed by atoms with Crippen LogP contribution < -0.4 is 4.74 Å². The van der Waals surface area contributed by atoms with Crippen molar-refractivity contribution < 1.29 is 21.6 Å². The van der Waals surface area contributed by atoms with Crippen LogP contribution in [0.5, 0.6) is 5.75 Å². The van der Waals surface area contributed by atoms with Crippen LogP contribution in [0.2, 0.25) is 0 Å². The number of ether oxygens (including phenoxy) is 1. The molecule has 2 aromatic rings. The summed E-state index contributed by atoms with van der Waals surface area (Å²) < 4.78 is 60.9. The smallest absolute Gasteiger partial charge is 0.262 e. The lowest BCUT2D eigenvalue weighted by atomic mass is 10.3. The van der Waals surface area contributed by atoms with E-state index >= 15 is 0 Å². The van der Waals surface area contributed by atoms with Gasteiger partial charge in [-0.1, -0.05) is 0 Å². The van der Waals surface area contributed by atoms with Crippen LogP contribution in [-0.2, 0) is 27.1 Å². The summed E-state index contributed by atoms with van der Waals surface area (Å²) in [5.74, 6) is 1.16. The van der Waals surface area contributed by atoms with Gasteiger partial charge in [0.2, 0.25) is 10.0 Å². The van der Waals surface area contributed by atoms with E-state index in [1.54, 1.807) is 30.7 Å². The average molecular weight is 429 g/mol. The number of nitrogens with zero attached hydrogens (tertiary/aromatic N) is 4. The highest BCUT2D eigenvalue weighted by atomic mass is 32.2. The molecule has 9 nitrogen and oxygen atoms in total. The molecule has 0 saturated carbocycles. The van der Waals surface area contributed by atoms with Gasteiger partial charge in [0.1, 0.15) is 11.6 Å². The SMILES string of the molecule is COc1ccc(S(=O)(=O)N2CCCN(S(=O)(=O)c3cn(C)c(C)n3)CC2)cc1. The Morgan fingerprint density at radius 1 is 0.929 bits per heavy atom. The van der Waals surface area contributed by atoms with Crippen LogP contribution in [0.4, 0.5) is 0 Å². The van der Waals surface area contributed by atoms with E-state index in [1.807, 2.05) is 0 Å². The molecule has 0 amide bonds. The van der Waals surface area contributed by atoms with E-state index < -0.39 is 20.0 Å². The number of imidazole rings is 1. The number of hydrogen-bond acceptors (Lipinski definition) is 6. The van der Waals surface area contributed by atoms with Gasteiger partial charge in [0, 0.05) is 39.4 Å². The van der Waals surface area contributed by atoms with Gasteiger partial charge < -0.3 is 9.30 Å². The third-order valence-electron chi connectivity index (χ3n) is 4.80. The first-order chi connectivity index (χ1) is 13.2. The predicted molar refractivity (Wildman–Crippen MR) is 103 cm³/mol. The quantitative estimate of drug-likeness (QED) is 0.699. The molecule has 0 atom stereocenters. The van der Waals surface area contributed by atoms with Crippen LogP contribution in [-0.4, -0.2) is 68.3 Å². The van der Waals surface area contributed by atoms with E-state index in [9.17, 15) is 16.8 Å². The Balaban J connectivity index is 1.78. The molecule has 0 spiro atoms. The van der Waals surface area contributed by atoms with Crippen LogP contribution >= 0.6 is 0 Å². The summed E-state index contributed by atoms with van der Waals surface area (Å²) in [5.41, 5.74) is 0. The topological polar surface area (TPSA) is 102 Å². The molecule has 1 aromatic carbocycles. The van der Waals surface area contributed by atoms with Crippen LogP contribution in [0, 0.1) is 6.92 Å². The summed E-state index contributed by atoms with van der Waals surface area (Å²) >= 11 is 0. The monoisotopic (exact) mass is 428 g/mol. The molecule has 0 unspecified atom stereocenters. The minimum absolute atomic E-state index is 0.0149. The molecule has 1 fully saturated rings. The average Bonchev–Trinajstić information content (AvgIpc) is 2.88. The molecule has 28 heavy (non-hydrogen) atoms. The van der Waals surface area contributed by atoms with Crippen molar-refractivity contribution in [2.75, 3.05) is 33.3 Å². The Hall–Kier alpha value is -1.95. The van der Waals surface area contributed by atoms with Gasteiger partial charge in [0.25, 0.3) is 10.0 Å². The number of aryl methyl sites for hydroxylation is 2. The highest BCUT2D eigenvalue weighted by Crippen LogP contribution is 2.22. The zero-order valence-corrected chi connectivity index (χ0v) is 17.7. The number of hydrogen-bond donors (Lipinski definition) is 0. The summed E-state index contributed by atoms with van der Waals surface area (Å²) in [6.45, 7) is 2.38. The van der Waals surface area contributed by atoms with Crippen molar-refractivity contribution >= 4 is 20.0 Å². The Morgan fingerprint density at radius 2 is 1.50 bits per heavy atom. The second-order valence-electron chi connectivity index (χ2n) is 6.57. The second-order valence-corrected chi connectivity index (χ2v) is 10.4. The van der Waals surface area contributed by atoms with Gasteiger partial charge in [-0.25, -0.2) is 21.8 Å². The lowest BCUT2D eigenvalue weighted by Gasteiger charge is -2.21. The van der Waals surface area contributed by atoms with Crippen LogP contribution in [0.1, 0.15) is 12.2 Å². The van der Waals surface area contributed by atoms with Crippen LogP contribution in [0.3, 0.4) is 0 Å². The molecule has 154 valence electrons. The van der Waals surface area contributed by atoms with Crippen molar-refractivity contribution in [2.45, 2.75) is 23.3 Å². The summed E-state index contributed by atoms with van der Waals surface area (Å²) in [6.07, 6.45) is 1.88. The molecule has 2 heterocycles. The van der Waals surface area contributed by atoms with Crippen LogP contribution in [0.15, 0.2) is 40.4 Å². The molecule has 1 saturated heterocycles. The highest BCUT2D eigenvalue weighted by Gasteiger charge is 2.33. The lowest BCUT2D eigenvalue weighted by Crippen LogP contribution is -2.37.